The Morgan fingerprint density at radius 2 is 1.65 bits per heavy atom. The number of hydrogen-bond donors (Lipinski definition) is 1. The number of nitrogens with zero attached hydrogens (tertiary/aromatic N) is 1. The Balaban J connectivity index is 1.90. The lowest BCUT2D eigenvalue weighted by atomic mass is 10.0. The summed E-state index contributed by atoms with van der Waals surface area (Å²) in [5, 5.41) is 11.4. The maximum absolute atomic E-state index is 8.66. The van der Waals surface area contributed by atoms with E-state index in [1.165, 1.54) is 5.56 Å². The molecule has 0 saturated carbocycles. The smallest absolute Gasteiger partial charge is 0.176 e. The van der Waals surface area contributed by atoms with Crippen LogP contribution >= 0.6 is 0 Å². The van der Waals surface area contributed by atoms with Crippen molar-refractivity contribution in [2.75, 3.05) is 13.2 Å². The van der Waals surface area contributed by atoms with Crippen LogP contribution in [0.25, 0.3) is 0 Å². The molecule has 0 bridgehead atoms. The van der Waals surface area contributed by atoms with Crippen molar-refractivity contribution in [2.24, 2.45) is 0 Å². The first kappa shape index (κ1) is 14.1. The highest BCUT2D eigenvalue weighted by atomic mass is 16.5. The number of rotatable bonds is 7. The van der Waals surface area contributed by atoms with Crippen molar-refractivity contribution in [3.63, 3.8) is 0 Å². The Kier molecular flexibility index (Phi) is 5.63. The first-order chi connectivity index (χ1) is 9.90. The predicted molar refractivity (Wildman–Crippen MR) is 78.9 cm³/mol. The predicted octanol–water partition coefficient (Wildman–Crippen LogP) is 3.06. The lowest BCUT2D eigenvalue weighted by molar-refractivity contribution is 0.107. The average molecular weight is 266 g/mol. The fourth-order valence-electron chi connectivity index (χ4n) is 2.06. The van der Waals surface area contributed by atoms with Gasteiger partial charge in [-0.25, -0.2) is 0 Å². The zero-order valence-electron chi connectivity index (χ0n) is 11.3. The molecule has 1 atom stereocenters. The summed E-state index contributed by atoms with van der Waals surface area (Å²) in [6.45, 7) is 1.78. The summed E-state index contributed by atoms with van der Waals surface area (Å²) < 4.78 is 5.78. The topological polar surface area (TPSA) is 45.0 Å². The van der Waals surface area contributed by atoms with Crippen LogP contribution in [0, 0.1) is 11.5 Å². The zero-order chi connectivity index (χ0) is 14.0. The van der Waals surface area contributed by atoms with E-state index in [4.69, 9.17) is 10.00 Å². The minimum absolute atomic E-state index is 0.180. The van der Waals surface area contributed by atoms with Gasteiger partial charge in [0.05, 0.1) is 13.2 Å². The number of ether oxygens (including phenoxy) is 1. The largest absolute Gasteiger partial charge is 0.376 e. The molecule has 2 aromatic rings. The first-order valence-electron chi connectivity index (χ1n) is 6.68. The van der Waals surface area contributed by atoms with Crippen molar-refractivity contribution in [1.29, 1.82) is 5.26 Å². The van der Waals surface area contributed by atoms with Crippen molar-refractivity contribution in [1.82, 2.24) is 5.32 Å². The monoisotopic (exact) mass is 266 g/mol. The van der Waals surface area contributed by atoms with Gasteiger partial charge in [-0.15, -0.1) is 0 Å². The fourth-order valence-corrected chi connectivity index (χ4v) is 2.06. The van der Waals surface area contributed by atoms with Gasteiger partial charge < -0.3 is 10.1 Å². The van der Waals surface area contributed by atoms with Gasteiger partial charge in [-0.2, -0.15) is 5.26 Å². The van der Waals surface area contributed by atoms with Gasteiger partial charge in [-0.05, 0) is 11.1 Å². The van der Waals surface area contributed by atoms with Crippen LogP contribution in [0.15, 0.2) is 60.7 Å². The van der Waals surface area contributed by atoms with Crippen molar-refractivity contribution in [3.8, 4) is 6.19 Å². The van der Waals surface area contributed by atoms with Crippen LogP contribution < -0.4 is 5.32 Å². The molecule has 2 rings (SSSR count). The number of nitriles is 1. The van der Waals surface area contributed by atoms with Gasteiger partial charge in [0.2, 0.25) is 0 Å². The quantitative estimate of drug-likeness (QED) is 0.619. The molecule has 1 N–H and O–H groups in total. The van der Waals surface area contributed by atoms with Crippen molar-refractivity contribution < 1.29 is 4.74 Å². The molecule has 3 nitrogen and oxygen atoms in total. The van der Waals surface area contributed by atoms with Crippen molar-refractivity contribution in [2.45, 2.75) is 12.5 Å². The third-order valence-corrected chi connectivity index (χ3v) is 3.13. The van der Waals surface area contributed by atoms with E-state index in [0.29, 0.717) is 19.8 Å². The summed E-state index contributed by atoms with van der Waals surface area (Å²) in [4.78, 5) is 0. The SMILES string of the molecule is N#CNC[C@H](COCc1ccccc1)c1ccccc1. The Morgan fingerprint density at radius 1 is 1.00 bits per heavy atom. The Morgan fingerprint density at radius 3 is 2.30 bits per heavy atom. The Bertz CT molecular complexity index is 534. The van der Waals surface area contributed by atoms with Crippen LogP contribution in [-0.2, 0) is 11.3 Å². The van der Waals surface area contributed by atoms with E-state index in [1.807, 2.05) is 54.7 Å². The summed E-state index contributed by atoms with van der Waals surface area (Å²) >= 11 is 0. The van der Waals surface area contributed by atoms with Crippen LogP contribution in [0.2, 0.25) is 0 Å². The fraction of sp³-hybridized carbons (Fsp3) is 0.235. The van der Waals surface area contributed by atoms with E-state index >= 15 is 0 Å². The highest BCUT2D eigenvalue weighted by Crippen LogP contribution is 2.16. The second-order valence-electron chi connectivity index (χ2n) is 4.60. The molecule has 0 saturated heterocycles. The van der Waals surface area contributed by atoms with E-state index in [9.17, 15) is 0 Å². The zero-order valence-corrected chi connectivity index (χ0v) is 11.3. The lowest BCUT2D eigenvalue weighted by Gasteiger charge is -2.16. The minimum atomic E-state index is 0.180. The van der Waals surface area contributed by atoms with Gasteiger partial charge in [0.15, 0.2) is 6.19 Å². The summed E-state index contributed by atoms with van der Waals surface area (Å²) in [5.41, 5.74) is 2.34. The van der Waals surface area contributed by atoms with E-state index in [2.05, 4.69) is 17.4 Å². The van der Waals surface area contributed by atoms with Crippen LogP contribution in [-0.4, -0.2) is 13.2 Å². The van der Waals surface area contributed by atoms with Crippen LogP contribution in [0.4, 0.5) is 0 Å². The molecule has 0 fully saturated rings. The minimum Gasteiger partial charge on any atom is -0.376 e. The molecular formula is C17H18N2O. The van der Waals surface area contributed by atoms with Crippen molar-refractivity contribution in [3.05, 3.63) is 71.8 Å². The van der Waals surface area contributed by atoms with Gasteiger partial charge in [-0.3, -0.25) is 0 Å². The van der Waals surface area contributed by atoms with Gasteiger partial charge in [-0.1, -0.05) is 60.7 Å². The number of nitrogens with one attached hydrogen (secondary N) is 1. The van der Waals surface area contributed by atoms with Crippen LogP contribution in [0.5, 0.6) is 0 Å². The molecule has 20 heavy (non-hydrogen) atoms. The molecular weight excluding hydrogens is 248 g/mol. The molecule has 0 amide bonds. The molecule has 0 unspecified atom stereocenters. The molecule has 2 aromatic carbocycles. The van der Waals surface area contributed by atoms with Crippen LogP contribution in [0.3, 0.4) is 0 Å². The third-order valence-electron chi connectivity index (χ3n) is 3.13. The molecule has 0 spiro atoms. The maximum atomic E-state index is 8.66. The highest BCUT2D eigenvalue weighted by molar-refractivity contribution is 5.20. The van der Waals surface area contributed by atoms with Gasteiger partial charge in [0, 0.05) is 12.5 Å². The van der Waals surface area contributed by atoms with Crippen LogP contribution in [0.1, 0.15) is 17.0 Å². The molecule has 0 heterocycles. The van der Waals surface area contributed by atoms with E-state index in [-0.39, 0.29) is 5.92 Å². The molecule has 102 valence electrons. The standard InChI is InChI=1S/C17H18N2O/c18-14-19-11-17(16-9-5-2-6-10-16)13-20-12-15-7-3-1-4-8-15/h1-10,17,19H,11-13H2/t17-/m1/s1. The van der Waals surface area contributed by atoms with Crippen molar-refractivity contribution >= 4 is 0 Å². The molecule has 0 aliphatic heterocycles. The second kappa shape index (κ2) is 7.98. The van der Waals surface area contributed by atoms with Gasteiger partial charge in [0.25, 0.3) is 0 Å². The summed E-state index contributed by atoms with van der Waals surface area (Å²) in [6.07, 6.45) is 1.97. The maximum Gasteiger partial charge on any atom is 0.176 e. The molecule has 3 heteroatoms. The van der Waals surface area contributed by atoms with E-state index in [0.717, 1.165) is 5.56 Å². The molecule has 0 radical (unpaired) electrons. The van der Waals surface area contributed by atoms with E-state index < -0.39 is 0 Å². The lowest BCUT2D eigenvalue weighted by Crippen LogP contribution is -2.21. The second-order valence-corrected chi connectivity index (χ2v) is 4.60. The van der Waals surface area contributed by atoms with E-state index in [1.54, 1.807) is 0 Å². The Hall–Kier alpha value is -2.31. The summed E-state index contributed by atoms with van der Waals surface area (Å²) in [5.74, 6) is 0.180. The molecule has 0 aliphatic carbocycles. The third kappa shape index (κ3) is 4.42. The molecule has 0 aromatic heterocycles. The normalized spacial score (nSPS) is 11.6. The number of hydrogen-bond acceptors (Lipinski definition) is 3. The summed E-state index contributed by atoms with van der Waals surface area (Å²) in [6, 6.07) is 20.2. The summed E-state index contributed by atoms with van der Waals surface area (Å²) in [7, 11) is 0. The Labute approximate surface area is 119 Å². The van der Waals surface area contributed by atoms with Gasteiger partial charge in [0.1, 0.15) is 0 Å². The first-order valence-corrected chi connectivity index (χ1v) is 6.68. The van der Waals surface area contributed by atoms with Gasteiger partial charge >= 0.3 is 0 Å². The highest BCUT2D eigenvalue weighted by Gasteiger charge is 2.11. The molecule has 0 aliphatic rings. The average Bonchev–Trinajstić information content (AvgIpc) is 2.52. The number of benzene rings is 2.